The molecule has 0 fully saturated rings. The van der Waals surface area contributed by atoms with Crippen molar-refractivity contribution in [3.8, 4) is 5.75 Å². The molecule has 0 aliphatic heterocycles. The van der Waals surface area contributed by atoms with E-state index < -0.39 is 0 Å². The number of rotatable bonds is 5. The molecule has 0 bridgehead atoms. The number of primary amides is 1. The topological polar surface area (TPSA) is 52.3 Å². The smallest absolute Gasteiger partial charge is 0.221 e. The highest BCUT2D eigenvalue weighted by Crippen LogP contribution is 2.15. The maximum absolute atomic E-state index is 10.8. The van der Waals surface area contributed by atoms with E-state index in [2.05, 4.69) is 0 Å². The van der Waals surface area contributed by atoms with Gasteiger partial charge in [-0.25, -0.2) is 0 Å². The first-order valence-corrected chi connectivity index (χ1v) is 5.78. The third kappa shape index (κ3) is 3.63. The predicted octanol–water partition coefficient (Wildman–Crippen LogP) is 2.29. The molecule has 0 saturated carbocycles. The Hall–Kier alpha value is -2.29. The molecule has 0 heterocycles. The quantitative estimate of drug-likeness (QED) is 0.873. The van der Waals surface area contributed by atoms with Crippen LogP contribution in [0.5, 0.6) is 5.75 Å². The molecule has 0 radical (unpaired) electrons. The van der Waals surface area contributed by atoms with Gasteiger partial charge in [0.2, 0.25) is 5.91 Å². The van der Waals surface area contributed by atoms with Crippen molar-refractivity contribution in [2.24, 2.45) is 5.73 Å². The molecule has 2 N–H and O–H groups in total. The minimum absolute atomic E-state index is 0.239. The average Bonchev–Trinajstić information content (AvgIpc) is 2.37. The summed E-state index contributed by atoms with van der Waals surface area (Å²) in [6.07, 6.45) is 0.239. The lowest BCUT2D eigenvalue weighted by atomic mass is 10.1. The summed E-state index contributed by atoms with van der Waals surface area (Å²) in [5, 5.41) is 0. The van der Waals surface area contributed by atoms with Crippen molar-refractivity contribution < 1.29 is 9.53 Å². The second-order valence-electron chi connectivity index (χ2n) is 4.06. The van der Waals surface area contributed by atoms with Crippen LogP contribution >= 0.6 is 0 Å². The van der Waals surface area contributed by atoms with E-state index in [0.29, 0.717) is 6.61 Å². The van der Waals surface area contributed by atoms with Gasteiger partial charge in [0.05, 0.1) is 6.42 Å². The number of ether oxygens (including phenoxy) is 1. The van der Waals surface area contributed by atoms with E-state index in [0.717, 1.165) is 16.9 Å². The third-order valence-electron chi connectivity index (χ3n) is 2.53. The molecule has 3 nitrogen and oxygen atoms in total. The first-order chi connectivity index (χ1) is 8.74. The Balaban J connectivity index is 1.99. The maximum atomic E-state index is 10.8. The molecule has 0 atom stereocenters. The fourth-order valence-corrected chi connectivity index (χ4v) is 1.69. The normalized spacial score (nSPS) is 10.0. The number of carbonyl (C=O) groups excluding carboxylic acids is 1. The molecule has 0 aliphatic carbocycles. The van der Waals surface area contributed by atoms with Gasteiger partial charge in [-0.1, -0.05) is 42.5 Å². The molecule has 2 aromatic carbocycles. The predicted molar refractivity (Wildman–Crippen MR) is 70.1 cm³/mol. The van der Waals surface area contributed by atoms with Gasteiger partial charge in [0.1, 0.15) is 12.4 Å². The fourth-order valence-electron chi connectivity index (χ4n) is 1.69. The van der Waals surface area contributed by atoms with Crippen LogP contribution in [-0.4, -0.2) is 5.91 Å². The van der Waals surface area contributed by atoms with Gasteiger partial charge in [0.25, 0.3) is 0 Å². The second kappa shape index (κ2) is 5.87. The van der Waals surface area contributed by atoms with Crippen LogP contribution in [-0.2, 0) is 17.8 Å². The van der Waals surface area contributed by atoms with Crippen LogP contribution in [0.25, 0.3) is 0 Å². The van der Waals surface area contributed by atoms with E-state index in [9.17, 15) is 4.79 Å². The number of hydrogen-bond acceptors (Lipinski definition) is 2. The largest absolute Gasteiger partial charge is 0.489 e. The Bertz CT molecular complexity index is 523. The van der Waals surface area contributed by atoms with E-state index in [-0.39, 0.29) is 12.3 Å². The second-order valence-corrected chi connectivity index (χ2v) is 4.06. The lowest BCUT2D eigenvalue weighted by Crippen LogP contribution is -2.13. The summed E-state index contributed by atoms with van der Waals surface area (Å²) in [5.74, 6) is 0.410. The summed E-state index contributed by atoms with van der Waals surface area (Å²) in [7, 11) is 0. The van der Waals surface area contributed by atoms with E-state index in [4.69, 9.17) is 10.5 Å². The molecule has 0 aromatic heterocycles. The van der Waals surface area contributed by atoms with Gasteiger partial charge < -0.3 is 10.5 Å². The fraction of sp³-hybridized carbons (Fsp3) is 0.133. The van der Waals surface area contributed by atoms with Gasteiger partial charge >= 0.3 is 0 Å². The van der Waals surface area contributed by atoms with Crippen LogP contribution in [0.1, 0.15) is 11.1 Å². The van der Waals surface area contributed by atoms with Crippen LogP contribution in [0.15, 0.2) is 54.6 Å². The molecule has 1 amide bonds. The van der Waals surface area contributed by atoms with Crippen molar-refractivity contribution in [1.82, 2.24) is 0 Å². The summed E-state index contributed by atoms with van der Waals surface area (Å²) in [6, 6.07) is 17.4. The van der Waals surface area contributed by atoms with Crippen molar-refractivity contribution in [1.29, 1.82) is 0 Å². The lowest BCUT2D eigenvalue weighted by molar-refractivity contribution is -0.117. The standard InChI is InChI=1S/C15H15NO2/c16-15(17)10-13-7-4-8-14(9-13)18-11-12-5-2-1-3-6-12/h1-9H,10-11H2,(H2,16,17). The van der Waals surface area contributed by atoms with E-state index in [1.165, 1.54) is 0 Å². The highest BCUT2D eigenvalue weighted by Gasteiger charge is 2.01. The molecule has 0 aliphatic rings. The van der Waals surface area contributed by atoms with Crippen LogP contribution < -0.4 is 10.5 Å². The Morgan fingerprint density at radius 1 is 1.00 bits per heavy atom. The molecule has 3 heteroatoms. The number of nitrogens with two attached hydrogens (primary N) is 1. The Kier molecular flexibility index (Phi) is 3.97. The monoisotopic (exact) mass is 241 g/mol. The molecular weight excluding hydrogens is 226 g/mol. The summed E-state index contributed by atoms with van der Waals surface area (Å²) in [4.78, 5) is 10.8. The Morgan fingerprint density at radius 2 is 1.72 bits per heavy atom. The van der Waals surface area contributed by atoms with Gasteiger partial charge in [-0.3, -0.25) is 4.79 Å². The molecular formula is C15H15NO2. The summed E-state index contributed by atoms with van der Waals surface area (Å²) >= 11 is 0. The van der Waals surface area contributed by atoms with Crippen molar-refractivity contribution in [2.45, 2.75) is 13.0 Å². The van der Waals surface area contributed by atoms with Crippen molar-refractivity contribution >= 4 is 5.91 Å². The zero-order valence-corrected chi connectivity index (χ0v) is 10.0. The van der Waals surface area contributed by atoms with Crippen LogP contribution in [0.4, 0.5) is 0 Å². The molecule has 92 valence electrons. The van der Waals surface area contributed by atoms with Crippen molar-refractivity contribution in [3.63, 3.8) is 0 Å². The first-order valence-electron chi connectivity index (χ1n) is 5.78. The number of carbonyl (C=O) groups is 1. The zero-order valence-electron chi connectivity index (χ0n) is 10.0. The van der Waals surface area contributed by atoms with E-state index in [1.54, 1.807) is 0 Å². The maximum Gasteiger partial charge on any atom is 0.221 e. The zero-order chi connectivity index (χ0) is 12.8. The molecule has 18 heavy (non-hydrogen) atoms. The van der Waals surface area contributed by atoms with Gasteiger partial charge in [0.15, 0.2) is 0 Å². The highest BCUT2D eigenvalue weighted by molar-refractivity contribution is 5.76. The van der Waals surface area contributed by atoms with E-state index >= 15 is 0 Å². The molecule has 2 rings (SSSR count). The van der Waals surface area contributed by atoms with Crippen molar-refractivity contribution in [3.05, 3.63) is 65.7 Å². The molecule has 2 aromatic rings. The summed E-state index contributed by atoms with van der Waals surface area (Å²) < 4.78 is 5.66. The average molecular weight is 241 g/mol. The van der Waals surface area contributed by atoms with Gasteiger partial charge in [-0.05, 0) is 23.3 Å². The summed E-state index contributed by atoms with van der Waals surface area (Å²) in [5.41, 5.74) is 7.14. The Morgan fingerprint density at radius 3 is 2.44 bits per heavy atom. The minimum atomic E-state index is -0.338. The SMILES string of the molecule is NC(=O)Cc1cccc(OCc2ccccc2)c1. The lowest BCUT2D eigenvalue weighted by Gasteiger charge is -2.07. The minimum Gasteiger partial charge on any atom is -0.489 e. The van der Waals surface area contributed by atoms with Gasteiger partial charge in [-0.2, -0.15) is 0 Å². The highest BCUT2D eigenvalue weighted by atomic mass is 16.5. The van der Waals surface area contributed by atoms with Gasteiger partial charge in [-0.15, -0.1) is 0 Å². The number of amides is 1. The van der Waals surface area contributed by atoms with Gasteiger partial charge in [0, 0.05) is 0 Å². The van der Waals surface area contributed by atoms with Crippen LogP contribution in [0.2, 0.25) is 0 Å². The molecule has 0 saturated heterocycles. The molecule has 0 unspecified atom stereocenters. The number of hydrogen-bond donors (Lipinski definition) is 1. The molecule has 0 spiro atoms. The number of benzene rings is 2. The first kappa shape index (κ1) is 12.2. The summed E-state index contributed by atoms with van der Waals surface area (Å²) in [6.45, 7) is 0.515. The third-order valence-corrected chi connectivity index (χ3v) is 2.53. The van der Waals surface area contributed by atoms with Crippen LogP contribution in [0, 0.1) is 0 Å². The van der Waals surface area contributed by atoms with Crippen LogP contribution in [0.3, 0.4) is 0 Å². The Labute approximate surface area is 106 Å². The van der Waals surface area contributed by atoms with E-state index in [1.807, 2.05) is 54.6 Å². The van der Waals surface area contributed by atoms with Crippen molar-refractivity contribution in [2.75, 3.05) is 0 Å².